The molecule has 2 aromatic carbocycles. The van der Waals surface area contributed by atoms with Crippen molar-refractivity contribution < 1.29 is 14.6 Å². The molecule has 0 unspecified atom stereocenters. The highest BCUT2D eigenvalue weighted by Crippen LogP contribution is 2.33. The van der Waals surface area contributed by atoms with Crippen molar-refractivity contribution in [3.8, 4) is 11.5 Å². The lowest BCUT2D eigenvalue weighted by Crippen LogP contribution is -2.02. The standard InChI is InChI=1S/C18H20O3/c1-11(2)14-7-5-13(4)10-17(14)21-16-8-6-12(3)9-15(16)18(19)20/h5-11H,1-4H3,(H,19,20). The average Bonchev–Trinajstić information content (AvgIpc) is 2.40. The van der Waals surface area contributed by atoms with E-state index in [-0.39, 0.29) is 5.56 Å². The number of carboxylic acids is 1. The summed E-state index contributed by atoms with van der Waals surface area (Å²) >= 11 is 0. The Bertz CT molecular complexity index is 672. The number of carbonyl (C=O) groups is 1. The van der Waals surface area contributed by atoms with Crippen LogP contribution in [0.25, 0.3) is 0 Å². The normalized spacial score (nSPS) is 10.7. The molecule has 0 atom stereocenters. The van der Waals surface area contributed by atoms with Crippen LogP contribution in [0.3, 0.4) is 0 Å². The third-order valence-corrected chi connectivity index (χ3v) is 3.38. The molecule has 0 aliphatic rings. The first-order valence-electron chi connectivity index (χ1n) is 7.01. The van der Waals surface area contributed by atoms with Crippen LogP contribution in [-0.4, -0.2) is 11.1 Å². The zero-order chi connectivity index (χ0) is 15.6. The summed E-state index contributed by atoms with van der Waals surface area (Å²) in [7, 11) is 0. The molecule has 0 bridgehead atoms. The monoisotopic (exact) mass is 284 g/mol. The summed E-state index contributed by atoms with van der Waals surface area (Å²) < 4.78 is 5.92. The molecule has 0 aliphatic heterocycles. The SMILES string of the molecule is Cc1ccc(C(C)C)c(Oc2ccc(C)cc2C(=O)O)c1. The first-order chi connectivity index (χ1) is 9.88. The summed E-state index contributed by atoms with van der Waals surface area (Å²) in [6, 6.07) is 11.2. The molecule has 0 aliphatic carbocycles. The van der Waals surface area contributed by atoms with Gasteiger partial charge in [-0.1, -0.05) is 37.6 Å². The van der Waals surface area contributed by atoms with Crippen molar-refractivity contribution in [3.63, 3.8) is 0 Å². The van der Waals surface area contributed by atoms with Gasteiger partial charge in [-0.3, -0.25) is 0 Å². The lowest BCUT2D eigenvalue weighted by molar-refractivity contribution is 0.0694. The number of benzene rings is 2. The van der Waals surface area contributed by atoms with Crippen molar-refractivity contribution in [2.24, 2.45) is 0 Å². The molecule has 2 rings (SSSR count). The summed E-state index contributed by atoms with van der Waals surface area (Å²) in [4.78, 5) is 11.4. The van der Waals surface area contributed by atoms with E-state index in [2.05, 4.69) is 13.8 Å². The van der Waals surface area contributed by atoms with Crippen molar-refractivity contribution in [3.05, 3.63) is 58.7 Å². The first-order valence-corrected chi connectivity index (χ1v) is 7.01. The average molecular weight is 284 g/mol. The predicted molar refractivity (Wildman–Crippen MR) is 83.5 cm³/mol. The second-order valence-corrected chi connectivity index (χ2v) is 5.60. The molecule has 0 aromatic heterocycles. The Labute approximate surface area is 125 Å². The summed E-state index contributed by atoms with van der Waals surface area (Å²) in [5, 5.41) is 9.32. The molecule has 0 heterocycles. The van der Waals surface area contributed by atoms with E-state index in [0.29, 0.717) is 11.7 Å². The smallest absolute Gasteiger partial charge is 0.339 e. The lowest BCUT2D eigenvalue weighted by atomic mass is 10.0. The highest BCUT2D eigenvalue weighted by atomic mass is 16.5. The van der Waals surface area contributed by atoms with Crippen LogP contribution in [0, 0.1) is 13.8 Å². The fourth-order valence-electron chi connectivity index (χ4n) is 2.23. The van der Waals surface area contributed by atoms with E-state index in [0.717, 1.165) is 22.4 Å². The third kappa shape index (κ3) is 3.43. The van der Waals surface area contributed by atoms with E-state index in [1.807, 2.05) is 38.1 Å². The van der Waals surface area contributed by atoms with Crippen molar-refractivity contribution in [1.82, 2.24) is 0 Å². The van der Waals surface area contributed by atoms with Crippen LogP contribution in [0.4, 0.5) is 0 Å². The van der Waals surface area contributed by atoms with E-state index in [9.17, 15) is 9.90 Å². The Morgan fingerprint density at radius 3 is 2.24 bits per heavy atom. The van der Waals surface area contributed by atoms with E-state index in [1.165, 1.54) is 0 Å². The fraction of sp³-hybridized carbons (Fsp3) is 0.278. The van der Waals surface area contributed by atoms with E-state index in [1.54, 1.807) is 12.1 Å². The summed E-state index contributed by atoms with van der Waals surface area (Å²) in [5.41, 5.74) is 3.23. The van der Waals surface area contributed by atoms with Crippen LogP contribution >= 0.6 is 0 Å². The molecule has 2 aromatic rings. The van der Waals surface area contributed by atoms with Gasteiger partial charge in [0.1, 0.15) is 17.1 Å². The highest BCUT2D eigenvalue weighted by Gasteiger charge is 2.15. The Morgan fingerprint density at radius 1 is 1.00 bits per heavy atom. The molecular formula is C18H20O3. The van der Waals surface area contributed by atoms with Gasteiger partial charge in [0, 0.05) is 0 Å². The van der Waals surface area contributed by atoms with Gasteiger partial charge in [0.05, 0.1) is 0 Å². The molecule has 21 heavy (non-hydrogen) atoms. The van der Waals surface area contributed by atoms with Crippen molar-refractivity contribution in [2.45, 2.75) is 33.6 Å². The van der Waals surface area contributed by atoms with Crippen molar-refractivity contribution in [2.75, 3.05) is 0 Å². The second kappa shape index (κ2) is 6.00. The maximum absolute atomic E-state index is 11.4. The summed E-state index contributed by atoms with van der Waals surface area (Å²) in [6.45, 7) is 8.03. The maximum Gasteiger partial charge on any atom is 0.339 e. The number of rotatable bonds is 4. The minimum absolute atomic E-state index is 0.186. The number of hydrogen-bond acceptors (Lipinski definition) is 2. The number of ether oxygens (including phenoxy) is 1. The predicted octanol–water partition coefficient (Wildman–Crippen LogP) is 4.92. The Balaban J connectivity index is 2.47. The molecule has 0 spiro atoms. The van der Waals surface area contributed by atoms with Gasteiger partial charge in [0.2, 0.25) is 0 Å². The van der Waals surface area contributed by atoms with Gasteiger partial charge in [0.15, 0.2) is 0 Å². The second-order valence-electron chi connectivity index (χ2n) is 5.60. The van der Waals surface area contributed by atoms with Crippen LogP contribution in [-0.2, 0) is 0 Å². The van der Waals surface area contributed by atoms with Gasteiger partial charge in [-0.15, -0.1) is 0 Å². The van der Waals surface area contributed by atoms with Gasteiger partial charge in [0.25, 0.3) is 0 Å². The Kier molecular flexibility index (Phi) is 4.32. The topological polar surface area (TPSA) is 46.5 Å². The number of aryl methyl sites for hydroxylation is 2. The van der Waals surface area contributed by atoms with Crippen LogP contribution in [0.1, 0.15) is 46.8 Å². The molecule has 0 fully saturated rings. The first kappa shape index (κ1) is 15.1. The van der Waals surface area contributed by atoms with E-state index in [4.69, 9.17) is 4.74 Å². The van der Waals surface area contributed by atoms with Gasteiger partial charge in [-0.2, -0.15) is 0 Å². The van der Waals surface area contributed by atoms with Gasteiger partial charge >= 0.3 is 5.97 Å². The number of carboxylic acid groups (broad SMARTS) is 1. The van der Waals surface area contributed by atoms with Gasteiger partial charge in [-0.05, 0) is 49.1 Å². The largest absolute Gasteiger partial charge is 0.478 e. The van der Waals surface area contributed by atoms with Crippen LogP contribution in [0.15, 0.2) is 36.4 Å². The number of aromatic carboxylic acids is 1. The van der Waals surface area contributed by atoms with Crippen molar-refractivity contribution in [1.29, 1.82) is 0 Å². The maximum atomic E-state index is 11.4. The molecule has 0 saturated heterocycles. The minimum atomic E-state index is -0.979. The Hall–Kier alpha value is -2.29. The van der Waals surface area contributed by atoms with Crippen LogP contribution in [0.5, 0.6) is 11.5 Å². The third-order valence-electron chi connectivity index (χ3n) is 3.38. The quantitative estimate of drug-likeness (QED) is 0.867. The summed E-state index contributed by atoms with van der Waals surface area (Å²) in [5.74, 6) is 0.420. The van der Waals surface area contributed by atoms with Crippen LogP contribution < -0.4 is 4.74 Å². The fourth-order valence-corrected chi connectivity index (χ4v) is 2.23. The van der Waals surface area contributed by atoms with Gasteiger partial charge in [-0.25, -0.2) is 4.79 Å². The zero-order valence-electron chi connectivity index (χ0n) is 12.8. The molecule has 0 saturated carbocycles. The molecule has 3 nitrogen and oxygen atoms in total. The lowest BCUT2D eigenvalue weighted by Gasteiger charge is -2.16. The van der Waals surface area contributed by atoms with Gasteiger partial charge < -0.3 is 9.84 Å². The number of hydrogen-bond donors (Lipinski definition) is 1. The van der Waals surface area contributed by atoms with E-state index < -0.39 is 5.97 Å². The molecule has 110 valence electrons. The molecule has 0 amide bonds. The van der Waals surface area contributed by atoms with Crippen LogP contribution in [0.2, 0.25) is 0 Å². The molecule has 3 heteroatoms. The van der Waals surface area contributed by atoms with E-state index >= 15 is 0 Å². The highest BCUT2D eigenvalue weighted by molar-refractivity contribution is 5.91. The zero-order valence-corrected chi connectivity index (χ0v) is 12.8. The Morgan fingerprint density at radius 2 is 1.62 bits per heavy atom. The molecular weight excluding hydrogens is 264 g/mol. The van der Waals surface area contributed by atoms with Crippen molar-refractivity contribution >= 4 is 5.97 Å². The minimum Gasteiger partial charge on any atom is -0.478 e. The summed E-state index contributed by atoms with van der Waals surface area (Å²) in [6.07, 6.45) is 0. The molecule has 0 radical (unpaired) electrons. The molecule has 1 N–H and O–H groups in total.